The van der Waals surface area contributed by atoms with E-state index < -0.39 is 0 Å². The van der Waals surface area contributed by atoms with Crippen molar-refractivity contribution in [2.45, 2.75) is 52.4 Å². The van der Waals surface area contributed by atoms with Gasteiger partial charge in [0.15, 0.2) is 12.1 Å². The Kier molecular flexibility index (Phi) is 8.38. The van der Waals surface area contributed by atoms with Crippen LogP contribution in [0.3, 0.4) is 0 Å². The summed E-state index contributed by atoms with van der Waals surface area (Å²) in [4.78, 5) is 28.8. The molecule has 0 fully saturated rings. The molecule has 0 radical (unpaired) electrons. The molecule has 0 saturated heterocycles. The second-order valence-corrected chi connectivity index (χ2v) is 7.18. The first-order valence-corrected chi connectivity index (χ1v) is 9.54. The summed E-state index contributed by atoms with van der Waals surface area (Å²) < 4.78 is 13.0. The number of hydrogen-bond donors (Lipinski definition) is 1. The maximum atomic E-state index is 13.0. The summed E-state index contributed by atoms with van der Waals surface area (Å²) in [5.41, 5.74) is 3.60. The average Bonchev–Trinajstić information content (AvgIpc) is 3.15. The van der Waals surface area contributed by atoms with Crippen molar-refractivity contribution in [2.24, 2.45) is 16.1 Å². The van der Waals surface area contributed by atoms with Crippen LogP contribution in [-0.2, 0) is 14.5 Å². The molecule has 7 nitrogen and oxygen atoms in total. The molecule has 154 valence electrons. The Labute approximate surface area is 165 Å². The lowest BCUT2D eigenvalue weighted by Crippen LogP contribution is -2.28. The fourth-order valence-electron chi connectivity index (χ4n) is 2.63. The topological polar surface area (TPSA) is 75.5 Å². The van der Waals surface area contributed by atoms with Crippen molar-refractivity contribution in [2.75, 3.05) is 13.6 Å². The minimum atomic E-state index is -0.304. The van der Waals surface area contributed by atoms with Gasteiger partial charge >= 0.3 is 0 Å². The van der Waals surface area contributed by atoms with E-state index in [2.05, 4.69) is 22.6 Å². The Balaban J connectivity index is 1.72. The Hall–Kier alpha value is -2.48. The van der Waals surface area contributed by atoms with Crippen LogP contribution < -0.4 is 5.48 Å². The zero-order chi connectivity index (χ0) is 20.5. The van der Waals surface area contributed by atoms with E-state index in [1.165, 1.54) is 18.3 Å². The molecule has 0 spiro atoms. The summed E-state index contributed by atoms with van der Waals surface area (Å²) in [7, 11) is 1.78. The van der Waals surface area contributed by atoms with Gasteiger partial charge in [-0.1, -0.05) is 12.1 Å². The highest BCUT2D eigenvalue weighted by molar-refractivity contribution is 5.98. The van der Waals surface area contributed by atoms with Crippen LogP contribution in [0.4, 0.5) is 4.39 Å². The number of hydroxylamine groups is 1. The number of oxime groups is 1. The van der Waals surface area contributed by atoms with Gasteiger partial charge in [-0.05, 0) is 51.0 Å². The molecule has 28 heavy (non-hydrogen) atoms. The van der Waals surface area contributed by atoms with Crippen molar-refractivity contribution < 1.29 is 18.9 Å². The first kappa shape index (κ1) is 21.8. The van der Waals surface area contributed by atoms with E-state index in [-0.39, 0.29) is 36.4 Å². The van der Waals surface area contributed by atoms with Crippen LogP contribution in [-0.4, -0.2) is 48.8 Å². The van der Waals surface area contributed by atoms with E-state index >= 15 is 0 Å². The molecule has 1 heterocycles. The van der Waals surface area contributed by atoms with Crippen LogP contribution in [0.25, 0.3) is 0 Å². The minimum Gasteiger partial charge on any atom is -0.393 e. The van der Waals surface area contributed by atoms with Gasteiger partial charge in [0, 0.05) is 25.1 Å². The van der Waals surface area contributed by atoms with Gasteiger partial charge in [-0.25, -0.2) is 19.7 Å². The normalized spacial score (nSPS) is 17.5. The second-order valence-electron chi connectivity index (χ2n) is 7.18. The lowest BCUT2D eigenvalue weighted by atomic mass is 10.0. The standard InChI is InChI=1S/C20H29FN4O3/c1-14(2)27-22-12-11-18(26)25(4)13-5-6-15(3)20-23-19(24-28-20)16-7-9-17(21)10-8-16/h7-10,12,14-15,20H,5-6,11,13H2,1-4H3,(H,23,24)/b22-12-/t15?,20-/m1/s1. The number of rotatable bonds is 10. The number of benzene rings is 1. The van der Waals surface area contributed by atoms with Crippen molar-refractivity contribution >= 4 is 18.0 Å². The highest BCUT2D eigenvalue weighted by Gasteiger charge is 2.24. The summed E-state index contributed by atoms with van der Waals surface area (Å²) in [5, 5.41) is 3.76. The Bertz CT molecular complexity index is 691. The molecule has 1 amide bonds. The monoisotopic (exact) mass is 392 g/mol. The fourth-order valence-corrected chi connectivity index (χ4v) is 2.63. The summed E-state index contributed by atoms with van der Waals surface area (Å²) in [6, 6.07) is 6.10. The van der Waals surface area contributed by atoms with Crippen molar-refractivity contribution in [3.05, 3.63) is 35.6 Å². The molecular weight excluding hydrogens is 363 g/mol. The summed E-state index contributed by atoms with van der Waals surface area (Å²) in [6.07, 6.45) is 3.11. The number of aliphatic imine (C=N–C) groups is 1. The fraction of sp³-hybridized carbons (Fsp3) is 0.550. The number of nitrogens with zero attached hydrogens (tertiary/aromatic N) is 3. The molecule has 1 unspecified atom stereocenters. The van der Waals surface area contributed by atoms with Crippen molar-refractivity contribution in [3.8, 4) is 0 Å². The molecule has 1 aliphatic rings. The highest BCUT2D eigenvalue weighted by atomic mass is 19.1. The molecule has 8 heteroatoms. The predicted octanol–water partition coefficient (Wildman–Crippen LogP) is 3.11. The lowest BCUT2D eigenvalue weighted by molar-refractivity contribution is -0.128. The van der Waals surface area contributed by atoms with Gasteiger partial charge < -0.3 is 9.74 Å². The molecule has 1 aromatic rings. The number of carbonyl (C=O) groups excluding carboxylic acids is 1. The molecule has 1 aliphatic heterocycles. The molecule has 1 aromatic carbocycles. The number of amidine groups is 1. The van der Waals surface area contributed by atoms with Crippen LogP contribution in [0.5, 0.6) is 0 Å². The van der Waals surface area contributed by atoms with Gasteiger partial charge in [-0.3, -0.25) is 4.79 Å². The highest BCUT2D eigenvalue weighted by Crippen LogP contribution is 2.19. The third-order valence-corrected chi connectivity index (χ3v) is 4.33. The second kappa shape index (κ2) is 10.8. The summed E-state index contributed by atoms with van der Waals surface area (Å²) >= 11 is 0. The SMILES string of the molecule is CC(C)O/N=C\CC(=O)N(C)CCCC(C)[C@@H]1N=C(c2ccc(F)cc2)NO1. The number of nitrogens with one attached hydrogen (secondary N) is 1. The van der Waals surface area contributed by atoms with E-state index in [4.69, 9.17) is 9.68 Å². The predicted molar refractivity (Wildman–Crippen MR) is 106 cm³/mol. The summed E-state index contributed by atoms with van der Waals surface area (Å²) in [6.45, 7) is 6.46. The molecule has 2 atom stereocenters. The van der Waals surface area contributed by atoms with E-state index in [9.17, 15) is 9.18 Å². The molecule has 0 aliphatic carbocycles. The minimum absolute atomic E-state index is 0.000779. The van der Waals surface area contributed by atoms with Gasteiger partial charge in [0.05, 0.1) is 12.6 Å². The quantitative estimate of drug-likeness (QED) is 0.490. The van der Waals surface area contributed by atoms with Crippen LogP contribution in [0.2, 0.25) is 0 Å². The largest absolute Gasteiger partial charge is 0.393 e. The Morgan fingerprint density at radius 3 is 2.79 bits per heavy atom. The third kappa shape index (κ3) is 6.92. The van der Waals surface area contributed by atoms with Crippen LogP contribution >= 0.6 is 0 Å². The zero-order valence-corrected chi connectivity index (χ0v) is 16.9. The average molecular weight is 392 g/mol. The number of carbonyl (C=O) groups is 1. The smallest absolute Gasteiger partial charge is 0.227 e. The van der Waals surface area contributed by atoms with Gasteiger partial charge in [0.1, 0.15) is 11.9 Å². The van der Waals surface area contributed by atoms with Gasteiger partial charge in [-0.2, -0.15) is 0 Å². The third-order valence-electron chi connectivity index (χ3n) is 4.33. The van der Waals surface area contributed by atoms with Crippen molar-refractivity contribution in [3.63, 3.8) is 0 Å². The van der Waals surface area contributed by atoms with Crippen LogP contribution in [0, 0.1) is 11.7 Å². The zero-order valence-electron chi connectivity index (χ0n) is 16.9. The van der Waals surface area contributed by atoms with E-state index in [0.717, 1.165) is 18.4 Å². The van der Waals surface area contributed by atoms with Gasteiger partial charge in [0.2, 0.25) is 5.91 Å². The van der Waals surface area contributed by atoms with Crippen LogP contribution in [0.1, 0.15) is 45.6 Å². The maximum absolute atomic E-state index is 13.0. The van der Waals surface area contributed by atoms with E-state index in [1.54, 1.807) is 24.1 Å². The van der Waals surface area contributed by atoms with Gasteiger partial charge in [-0.15, -0.1) is 0 Å². The van der Waals surface area contributed by atoms with Crippen molar-refractivity contribution in [1.29, 1.82) is 0 Å². The molecule has 0 bridgehead atoms. The first-order valence-electron chi connectivity index (χ1n) is 9.54. The lowest BCUT2D eigenvalue weighted by Gasteiger charge is -2.19. The Morgan fingerprint density at radius 1 is 1.39 bits per heavy atom. The number of halogens is 1. The summed E-state index contributed by atoms with van der Waals surface area (Å²) in [5.74, 6) is 0.492. The number of hydrogen-bond acceptors (Lipinski definition) is 6. The van der Waals surface area contributed by atoms with Gasteiger partial charge in [0.25, 0.3) is 0 Å². The van der Waals surface area contributed by atoms with Crippen LogP contribution in [0.15, 0.2) is 34.4 Å². The molecular formula is C20H29FN4O3. The Morgan fingerprint density at radius 2 is 2.11 bits per heavy atom. The maximum Gasteiger partial charge on any atom is 0.227 e. The van der Waals surface area contributed by atoms with Crippen molar-refractivity contribution in [1.82, 2.24) is 10.4 Å². The molecule has 1 N–H and O–H groups in total. The molecule has 2 rings (SSSR count). The molecule has 0 saturated carbocycles. The molecule has 0 aromatic heterocycles. The van der Waals surface area contributed by atoms with E-state index in [1.807, 2.05) is 13.8 Å². The first-order chi connectivity index (χ1) is 13.4. The number of amides is 1. The van der Waals surface area contributed by atoms with E-state index in [0.29, 0.717) is 12.4 Å².